The third-order valence-corrected chi connectivity index (χ3v) is 9.52. The van der Waals surface area contributed by atoms with Crippen LogP contribution in [0.25, 0.3) is 22.2 Å². The van der Waals surface area contributed by atoms with E-state index < -0.39 is 18.4 Å². The molecule has 0 spiro atoms. The highest BCUT2D eigenvalue weighted by molar-refractivity contribution is 6.37. The van der Waals surface area contributed by atoms with Gasteiger partial charge in [-0.3, -0.25) is 19.3 Å². The Balaban J connectivity index is 1.30. The number of hydrogen-bond donors (Lipinski definition) is 0. The van der Waals surface area contributed by atoms with Crippen LogP contribution in [0.2, 0.25) is 15.1 Å². The number of anilines is 1. The number of imide groups is 1. The maximum atomic E-state index is 13.4. The van der Waals surface area contributed by atoms with Crippen molar-refractivity contribution in [3.8, 4) is 11.3 Å². The molecule has 1 saturated carbocycles. The molecule has 2 fully saturated rings. The minimum Gasteiger partial charge on any atom is -0.454 e. The first-order valence-corrected chi connectivity index (χ1v) is 15.4. The third kappa shape index (κ3) is 5.49. The van der Waals surface area contributed by atoms with Gasteiger partial charge in [0.25, 0.3) is 0 Å². The second-order valence-corrected chi connectivity index (χ2v) is 12.7. The van der Waals surface area contributed by atoms with Gasteiger partial charge in [-0.15, -0.1) is 0 Å². The second kappa shape index (κ2) is 12.0. The number of hydrogen-bond acceptors (Lipinski definition) is 6. The normalized spacial score (nSPS) is 19.8. The van der Waals surface area contributed by atoms with Crippen molar-refractivity contribution >= 4 is 75.0 Å². The SMILES string of the molecule is Cc1c(Cl)ccc2c(C(=O)OCC(=O)c3ccc(Cl)cc3Cl)cc(-c3ccc(N4C(=O)C5CCC(C)CC5C4=O)cc3)nc12. The average molecular weight is 650 g/mol. The van der Waals surface area contributed by atoms with E-state index in [4.69, 9.17) is 44.5 Å². The van der Waals surface area contributed by atoms with Crippen molar-refractivity contribution < 1.29 is 23.9 Å². The molecule has 0 radical (unpaired) electrons. The summed E-state index contributed by atoms with van der Waals surface area (Å²) in [4.78, 5) is 58.6. The van der Waals surface area contributed by atoms with E-state index in [1.807, 2.05) is 0 Å². The van der Waals surface area contributed by atoms with Gasteiger partial charge in [0.1, 0.15) is 0 Å². The summed E-state index contributed by atoms with van der Waals surface area (Å²) in [6.07, 6.45) is 2.40. The molecule has 1 aliphatic heterocycles. The highest BCUT2D eigenvalue weighted by atomic mass is 35.5. The van der Waals surface area contributed by atoms with E-state index in [-0.39, 0.29) is 39.8 Å². The Labute approximate surface area is 269 Å². The van der Waals surface area contributed by atoms with Crippen molar-refractivity contribution in [2.24, 2.45) is 17.8 Å². The van der Waals surface area contributed by atoms with Gasteiger partial charge in [0.05, 0.1) is 39.3 Å². The van der Waals surface area contributed by atoms with E-state index in [1.165, 1.54) is 23.1 Å². The first-order valence-electron chi connectivity index (χ1n) is 14.3. The van der Waals surface area contributed by atoms with E-state index >= 15 is 0 Å². The minimum atomic E-state index is -0.722. The van der Waals surface area contributed by atoms with Crippen LogP contribution in [-0.2, 0) is 14.3 Å². The van der Waals surface area contributed by atoms with Crippen LogP contribution in [0.15, 0.2) is 60.7 Å². The molecule has 0 bridgehead atoms. The molecular formula is C34H27Cl3N2O5. The standard InChI is InChI=1S/C34H27Cl3N2O5/c1-17-3-9-23-25(13-17)33(42)39(32(23)41)21-7-4-19(5-8-21)29-15-26(22-11-12-27(36)18(2)31(22)38-29)34(43)44-16-30(40)24-10-6-20(35)14-28(24)37/h4-8,10-12,14-15,17,23,25H,3,9,13,16H2,1-2H3. The van der Waals surface area contributed by atoms with Gasteiger partial charge >= 0.3 is 5.97 Å². The molecule has 2 heterocycles. The molecule has 1 saturated heterocycles. The molecule has 6 rings (SSSR count). The largest absolute Gasteiger partial charge is 0.454 e. The zero-order valence-electron chi connectivity index (χ0n) is 23.9. The predicted octanol–water partition coefficient (Wildman–Crippen LogP) is 8.14. The predicted molar refractivity (Wildman–Crippen MR) is 170 cm³/mol. The molecule has 7 nitrogen and oxygen atoms in total. The number of carbonyl (C=O) groups excluding carboxylic acids is 4. The van der Waals surface area contributed by atoms with E-state index in [2.05, 4.69) is 6.92 Å². The number of nitrogens with zero attached hydrogens (tertiary/aromatic N) is 2. The quantitative estimate of drug-likeness (QED) is 0.119. The van der Waals surface area contributed by atoms with Gasteiger partial charge in [0.2, 0.25) is 17.6 Å². The van der Waals surface area contributed by atoms with Gasteiger partial charge in [-0.05, 0) is 80.1 Å². The number of pyridine rings is 1. The third-order valence-electron chi connectivity index (χ3n) is 8.56. The van der Waals surface area contributed by atoms with E-state index in [1.54, 1.807) is 49.4 Å². The molecule has 1 aromatic heterocycles. The summed E-state index contributed by atoms with van der Waals surface area (Å²) in [6, 6.07) is 16.4. The summed E-state index contributed by atoms with van der Waals surface area (Å²) in [6.45, 7) is 3.39. The molecule has 2 amide bonds. The fourth-order valence-corrected chi connectivity index (χ4v) is 6.81. The summed E-state index contributed by atoms with van der Waals surface area (Å²) in [7, 11) is 0. The lowest BCUT2D eigenvalue weighted by Crippen LogP contribution is -2.30. The summed E-state index contributed by atoms with van der Waals surface area (Å²) in [5.41, 5.74) is 3.17. The number of esters is 1. The second-order valence-electron chi connectivity index (χ2n) is 11.4. The van der Waals surface area contributed by atoms with Crippen LogP contribution in [-0.4, -0.2) is 35.2 Å². The number of rotatable bonds is 6. The van der Waals surface area contributed by atoms with Crippen molar-refractivity contribution in [1.29, 1.82) is 0 Å². The van der Waals surface area contributed by atoms with Gasteiger partial charge in [0, 0.05) is 26.6 Å². The molecule has 2 aliphatic rings. The number of amides is 2. The maximum Gasteiger partial charge on any atom is 0.339 e. The van der Waals surface area contributed by atoms with Gasteiger partial charge in [0.15, 0.2) is 6.61 Å². The van der Waals surface area contributed by atoms with Crippen LogP contribution in [0.1, 0.15) is 52.5 Å². The van der Waals surface area contributed by atoms with Crippen LogP contribution in [0.4, 0.5) is 5.69 Å². The zero-order valence-corrected chi connectivity index (χ0v) is 26.2. The summed E-state index contributed by atoms with van der Waals surface area (Å²) in [5, 5.41) is 1.53. The van der Waals surface area contributed by atoms with Crippen LogP contribution in [0, 0.1) is 24.7 Å². The fourth-order valence-electron chi connectivity index (χ4n) is 6.15. The number of carbonyl (C=O) groups is 4. The lowest BCUT2D eigenvalue weighted by Gasteiger charge is -2.25. The number of aryl methyl sites for hydroxylation is 1. The first kappa shape index (κ1) is 30.3. The molecule has 1 aliphatic carbocycles. The molecule has 3 unspecified atom stereocenters. The van der Waals surface area contributed by atoms with Gasteiger partial charge in [-0.25, -0.2) is 9.78 Å². The lowest BCUT2D eigenvalue weighted by atomic mass is 9.76. The number of benzene rings is 3. The highest BCUT2D eigenvalue weighted by Gasteiger charge is 2.49. The molecule has 0 N–H and O–H groups in total. The van der Waals surface area contributed by atoms with Crippen molar-refractivity contribution in [3.63, 3.8) is 0 Å². The topological polar surface area (TPSA) is 93.6 Å². The van der Waals surface area contributed by atoms with Gasteiger partial charge < -0.3 is 4.74 Å². The molecule has 4 aromatic rings. The monoisotopic (exact) mass is 648 g/mol. The Hall–Kier alpha value is -3.78. The zero-order chi connectivity index (χ0) is 31.3. The number of halogens is 3. The van der Waals surface area contributed by atoms with E-state index in [0.29, 0.717) is 49.4 Å². The van der Waals surface area contributed by atoms with Crippen LogP contribution >= 0.6 is 34.8 Å². The highest BCUT2D eigenvalue weighted by Crippen LogP contribution is 2.42. The minimum absolute atomic E-state index is 0.145. The number of ether oxygens (including phenoxy) is 1. The molecular weight excluding hydrogens is 623 g/mol. The van der Waals surface area contributed by atoms with Crippen molar-refractivity contribution in [2.45, 2.75) is 33.1 Å². The first-order chi connectivity index (χ1) is 21.0. The van der Waals surface area contributed by atoms with Crippen molar-refractivity contribution in [1.82, 2.24) is 4.98 Å². The summed E-state index contributed by atoms with van der Waals surface area (Å²) in [5.74, 6) is -1.60. The van der Waals surface area contributed by atoms with Crippen LogP contribution in [0.5, 0.6) is 0 Å². The maximum absolute atomic E-state index is 13.4. The smallest absolute Gasteiger partial charge is 0.339 e. The number of fused-ring (bicyclic) bond motifs is 2. The average Bonchev–Trinajstić information content (AvgIpc) is 3.25. The Bertz CT molecular complexity index is 1860. The molecule has 224 valence electrons. The van der Waals surface area contributed by atoms with Crippen molar-refractivity contribution in [2.75, 3.05) is 11.5 Å². The number of aromatic nitrogens is 1. The Morgan fingerprint density at radius 2 is 1.61 bits per heavy atom. The van der Waals surface area contributed by atoms with Crippen LogP contribution in [0.3, 0.4) is 0 Å². The van der Waals surface area contributed by atoms with Crippen LogP contribution < -0.4 is 4.90 Å². The van der Waals surface area contributed by atoms with Gasteiger partial charge in [-0.2, -0.15) is 0 Å². The molecule has 10 heteroatoms. The summed E-state index contributed by atoms with van der Waals surface area (Å²) >= 11 is 18.5. The Morgan fingerprint density at radius 1 is 0.886 bits per heavy atom. The molecule has 44 heavy (non-hydrogen) atoms. The summed E-state index contributed by atoms with van der Waals surface area (Å²) < 4.78 is 5.44. The Kier molecular flexibility index (Phi) is 8.22. The van der Waals surface area contributed by atoms with E-state index in [9.17, 15) is 19.2 Å². The lowest BCUT2D eigenvalue weighted by molar-refractivity contribution is -0.122. The van der Waals surface area contributed by atoms with E-state index in [0.717, 1.165) is 19.3 Å². The number of ketones is 1. The number of Topliss-reactive ketones (excluding diaryl/α,β-unsaturated/α-hetero) is 1. The fraction of sp³-hybridized carbons (Fsp3) is 0.265. The Morgan fingerprint density at radius 3 is 2.34 bits per heavy atom. The van der Waals surface area contributed by atoms with Crippen molar-refractivity contribution in [3.05, 3.63) is 92.4 Å². The molecule has 3 aromatic carbocycles. The molecule has 3 atom stereocenters. The van der Waals surface area contributed by atoms with Gasteiger partial charge in [-0.1, -0.05) is 59.9 Å².